The van der Waals surface area contributed by atoms with Crippen LogP contribution >= 0.6 is 0 Å². The standard InChI is InChI=1S/C14H18N6O.C5H10O/c1-7(2)12-8(3)4-5-11(18-12)17-9-6-10(15)19-20-13(9)14(16)21;1-2-4-6-5-3-1/h4-7H,1-3H3,(H2,16,21)(H3,15,17,18,19);1-5H2. The molecule has 27 heavy (non-hydrogen) atoms. The van der Waals surface area contributed by atoms with Gasteiger partial charge in [-0.1, -0.05) is 19.9 Å². The van der Waals surface area contributed by atoms with Crippen molar-refractivity contribution in [2.45, 2.75) is 46.0 Å². The van der Waals surface area contributed by atoms with E-state index in [4.69, 9.17) is 16.2 Å². The first-order valence-electron chi connectivity index (χ1n) is 9.13. The Bertz CT molecular complexity index is 763. The van der Waals surface area contributed by atoms with Crippen molar-refractivity contribution in [1.82, 2.24) is 15.2 Å². The van der Waals surface area contributed by atoms with Crippen LogP contribution in [0.4, 0.5) is 17.3 Å². The zero-order valence-corrected chi connectivity index (χ0v) is 16.2. The summed E-state index contributed by atoms with van der Waals surface area (Å²) in [4.78, 5) is 15.9. The molecule has 1 aliphatic rings. The fourth-order valence-electron chi connectivity index (χ4n) is 2.71. The van der Waals surface area contributed by atoms with Gasteiger partial charge < -0.3 is 21.5 Å². The maximum atomic E-state index is 11.4. The average molecular weight is 372 g/mol. The van der Waals surface area contributed by atoms with Crippen LogP contribution < -0.4 is 16.8 Å². The van der Waals surface area contributed by atoms with Crippen LogP contribution in [0.15, 0.2) is 18.2 Å². The number of anilines is 3. The summed E-state index contributed by atoms with van der Waals surface area (Å²) in [7, 11) is 0. The number of aryl methyl sites for hydroxylation is 1. The third-order valence-corrected chi connectivity index (χ3v) is 4.07. The van der Waals surface area contributed by atoms with Gasteiger partial charge in [-0.2, -0.15) is 0 Å². The molecule has 146 valence electrons. The molecule has 1 saturated heterocycles. The molecule has 8 nitrogen and oxygen atoms in total. The van der Waals surface area contributed by atoms with Crippen molar-refractivity contribution in [2.24, 2.45) is 5.73 Å². The molecule has 2 aromatic heterocycles. The van der Waals surface area contributed by atoms with Crippen LogP contribution in [-0.4, -0.2) is 34.3 Å². The van der Waals surface area contributed by atoms with E-state index in [0.29, 0.717) is 17.4 Å². The number of hydrogen-bond donors (Lipinski definition) is 3. The highest BCUT2D eigenvalue weighted by molar-refractivity contribution is 5.97. The van der Waals surface area contributed by atoms with Gasteiger partial charge in [-0.3, -0.25) is 4.79 Å². The van der Waals surface area contributed by atoms with Gasteiger partial charge in [-0.25, -0.2) is 4.98 Å². The summed E-state index contributed by atoms with van der Waals surface area (Å²) < 4.78 is 5.07. The lowest BCUT2D eigenvalue weighted by molar-refractivity contribution is 0.0968. The van der Waals surface area contributed by atoms with Crippen molar-refractivity contribution < 1.29 is 9.53 Å². The molecule has 2 aromatic rings. The molecule has 0 saturated carbocycles. The predicted molar refractivity (Wildman–Crippen MR) is 106 cm³/mol. The molecule has 0 bridgehead atoms. The zero-order valence-electron chi connectivity index (χ0n) is 16.2. The van der Waals surface area contributed by atoms with Crippen LogP contribution in [-0.2, 0) is 4.74 Å². The third kappa shape index (κ3) is 6.18. The average Bonchev–Trinajstić information content (AvgIpc) is 2.65. The Balaban J connectivity index is 0.000000369. The topological polar surface area (TPSA) is 129 Å². The summed E-state index contributed by atoms with van der Waals surface area (Å²) in [6.07, 6.45) is 3.93. The summed E-state index contributed by atoms with van der Waals surface area (Å²) >= 11 is 0. The first-order valence-corrected chi connectivity index (χ1v) is 9.13. The molecule has 0 atom stereocenters. The van der Waals surface area contributed by atoms with Crippen LogP contribution in [0.25, 0.3) is 0 Å². The second-order valence-electron chi connectivity index (χ2n) is 6.75. The second kappa shape index (κ2) is 9.82. The van der Waals surface area contributed by atoms with Crippen molar-refractivity contribution >= 4 is 23.2 Å². The first-order chi connectivity index (χ1) is 12.9. The van der Waals surface area contributed by atoms with Gasteiger partial charge in [0.2, 0.25) is 0 Å². The second-order valence-corrected chi connectivity index (χ2v) is 6.75. The minimum Gasteiger partial charge on any atom is -0.382 e. The van der Waals surface area contributed by atoms with Gasteiger partial charge in [0.15, 0.2) is 5.69 Å². The number of nitrogens with one attached hydrogen (secondary N) is 1. The van der Waals surface area contributed by atoms with E-state index < -0.39 is 5.91 Å². The number of rotatable bonds is 4. The molecule has 8 heteroatoms. The van der Waals surface area contributed by atoms with E-state index in [1.807, 2.05) is 19.1 Å². The molecular formula is C19H28N6O2. The molecule has 1 fully saturated rings. The lowest BCUT2D eigenvalue weighted by atomic mass is 10.1. The van der Waals surface area contributed by atoms with Crippen LogP contribution in [0.1, 0.15) is 60.8 Å². The number of nitrogens with zero attached hydrogens (tertiary/aromatic N) is 3. The number of carbonyl (C=O) groups excluding carboxylic acids is 1. The van der Waals surface area contributed by atoms with E-state index in [1.165, 1.54) is 25.3 Å². The van der Waals surface area contributed by atoms with Crippen molar-refractivity contribution in [3.05, 3.63) is 35.2 Å². The van der Waals surface area contributed by atoms with Crippen molar-refractivity contribution in [2.75, 3.05) is 24.3 Å². The van der Waals surface area contributed by atoms with Gasteiger partial charge in [0.05, 0.1) is 5.69 Å². The molecule has 5 N–H and O–H groups in total. The highest BCUT2D eigenvalue weighted by atomic mass is 16.5. The minimum absolute atomic E-state index is 0.0256. The molecule has 0 aliphatic carbocycles. The van der Waals surface area contributed by atoms with Crippen LogP contribution in [0.5, 0.6) is 0 Å². The lowest BCUT2D eigenvalue weighted by Gasteiger charge is -2.13. The third-order valence-electron chi connectivity index (χ3n) is 4.07. The molecular weight excluding hydrogens is 344 g/mol. The summed E-state index contributed by atoms with van der Waals surface area (Å²) in [5.74, 6) is 0.405. The van der Waals surface area contributed by atoms with E-state index >= 15 is 0 Å². The number of ether oxygens (including phenoxy) is 1. The number of carbonyl (C=O) groups is 1. The van der Waals surface area contributed by atoms with E-state index in [0.717, 1.165) is 24.5 Å². The van der Waals surface area contributed by atoms with Gasteiger partial charge in [0.1, 0.15) is 11.6 Å². The molecule has 0 radical (unpaired) electrons. The Morgan fingerprint density at radius 2 is 1.89 bits per heavy atom. The van der Waals surface area contributed by atoms with Gasteiger partial charge in [0, 0.05) is 25.0 Å². The van der Waals surface area contributed by atoms with Gasteiger partial charge in [0.25, 0.3) is 5.91 Å². The summed E-state index contributed by atoms with van der Waals surface area (Å²) in [6.45, 7) is 8.15. The molecule has 1 amide bonds. The van der Waals surface area contributed by atoms with E-state index in [1.54, 1.807) is 0 Å². The Morgan fingerprint density at radius 3 is 2.41 bits per heavy atom. The number of primary amides is 1. The Labute approximate surface area is 159 Å². The summed E-state index contributed by atoms with van der Waals surface area (Å²) in [5, 5.41) is 10.4. The van der Waals surface area contributed by atoms with E-state index in [2.05, 4.69) is 34.3 Å². The highest BCUT2D eigenvalue weighted by Gasteiger charge is 2.13. The number of nitrogen functional groups attached to an aromatic ring is 1. The Kier molecular flexibility index (Phi) is 7.48. The minimum atomic E-state index is -0.679. The van der Waals surface area contributed by atoms with Gasteiger partial charge in [-0.15, -0.1) is 10.2 Å². The lowest BCUT2D eigenvalue weighted by Crippen LogP contribution is -2.17. The molecule has 3 heterocycles. The van der Waals surface area contributed by atoms with E-state index in [-0.39, 0.29) is 11.5 Å². The highest BCUT2D eigenvalue weighted by Crippen LogP contribution is 2.23. The molecule has 0 unspecified atom stereocenters. The van der Waals surface area contributed by atoms with Crippen LogP contribution in [0.2, 0.25) is 0 Å². The maximum Gasteiger partial charge on any atom is 0.271 e. The number of hydrogen-bond acceptors (Lipinski definition) is 7. The largest absolute Gasteiger partial charge is 0.382 e. The van der Waals surface area contributed by atoms with Crippen molar-refractivity contribution in [1.29, 1.82) is 0 Å². The Hall–Kier alpha value is -2.74. The molecule has 3 rings (SSSR count). The maximum absolute atomic E-state index is 11.4. The van der Waals surface area contributed by atoms with Crippen LogP contribution in [0, 0.1) is 6.92 Å². The molecule has 1 aliphatic heterocycles. The molecule has 0 aromatic carbocycles. The monoisotopic (exact) mass is 372 g/mol. The number of aromatic nitrogens is 3. The van der Waals surface area contributed by atoms with Crippen molar-refractivity contribution in [3.63, 3.8) is 0 Å². The van der Waals surface area contributed by atoms with Crippen molar-refractivity contribution in [3.8, 4) is 0 Å². The van der Waals surface area contributed by atoms with Gasteiger partial charge >= 0.3 is 0 Å². The zero-order chi connectivity index (χ0) is 19.8. The van der Waals surface area contributed by atoms with E-state index in [9.17, 15) is 4.79 Å². The van der Waals surface area contributed by atoms with Crippen LogP contribution in [0.3, 0.4) is 0 Å². The normalized spacial score (nSPS) is 13.6. The fraction of sp³-hybridized carbons (Fsp3) is 0.474. The fourth-order valence-corrected chi connectivity index (χ4v) is 2.71. The Morgan fingerprint density at radius 1 is 1.19 bits per heavy atom. The SMILES string of the molecule is C1CCOCC1.Cc1ccc(Nc2cc(N)nnc2C(N)=O)nc1C(C)C. The molecule has 0 spiro atoms. The predicted octanol–water partition coefficient (Wildman–Crippen LogP) is 2.92. The quantitative estimate of drug-likeness (QED) is 0.752. The summed E-state index contributed by atoms with van der Waals surface area (Å²) in [6, 6.07) is 5.29. The first kappa shape index (κ1) is 20.6. The van der Waals surface area contributed by atoms with Gasteiger partial charge in [-0.05, 0) is 43.7 Å². The number of pyridine rings is 1. The smallest absolute Gasteiger partial charge is 0.271 e. The number of amides is 1. The summed E-state index contributed by atoms with van der Waals surface area (Å²) in [5.41, 5.74) is 13.4. The number of nitrogens with two attached hydrogens (primary N) is 2.